The van der Waals surface area contributed by atoms with Gasteiger partial charge in [0.1, 0.15) is 0 Å². The fraction of sp³-hybridized carbons (Fsp3) is 0.857. The smallest absolute Gasteiger partial charge is 0.0304 e. The fourth-order valence-electron chi connectivity index (χ4n) is 1.37. The van der Waals surface area contributed by atoms with Crippen molar-refractivity contribution in [1.29, 1.82) is 0 Å². The van der Waals surface area contributed by atoms with Gasteiger partial charge in [0.2, 0.25) is 0 Å². The predicted molar refractivity (Wildman–Crippen MR) is 46.6 cm³/mol. The van der Waals surface area contributed by atoms with Crippen LogP contribution in [0.3, 0.4) is 0 Å². The summed E-state index contributed by atoms with van der Waals surface area (Å²) in [6.07, 6.45) is 1.04. The molecule has 1 unspecified atom stereocenters. The minimum Gasteiger partial charge on any atom is -0.253 e. The summed E-state index contributed by atoms with van der Waals surface area (Å²) in [5.74, 6) is 4.51. The van der Waals surface area contributed by atoms with E-state index in [2.05, 4.69) is 19.7 Å². The van der Waals surface area contributed by atoms with Gasteiger partial charge >= 0.3 is 0 Å². The molecule has 2 nitrogen and oxygen atoms in total. The van der Waals surface area contributed by atoms with Crippen LogP contribution >= 0.6 is 0 Å². The summed E-state index contributed by atoms with van der Waals surface area (Å²) in [5.41, 5.74) is 0. The highest BCUT2D eigenvalue weighted by atomic mass is 32.2. The predicted octanol–water partition coefficient (Wildman–Crippen LogP) is 0.732. The standard InChI is InChI=1S/C7H15NOS/c1-7(2)8-5-4-6-10(8,3)9/h7H,3-6H2,1-2H3. The number of rotatable bonds is 1. The SMILES string of the molecule is C=S1(=O)CCCN1C(C)C. The lowest BCUT2D eigenvalue weighted by molar-refractivity contribution is 0.400. The molecular weight excluding hydrogens is 146 g/mol. The summed E-state index contributed by atoms with van der Waals surface area (Å²) < 4.78 is 13.6. The Morgan fingerprint density at radius 2 is 2.20 bits per heavy atom. The van der Waals surface area contributed by atoms with E-state index >= 15 is 0 Å². The number of nitrogens with zero attached hydrogens (tertiary/aromatic N) is 1. The molecular formula is C7H15NOS. The number of hydrogen-bond acceptors (Lipinski definition) is 1. The third-order valence-corrected chi connectivity index (χ3v) is 4.23. The quantitative estimate of drug-likeness (QED) is 0.519. The molecule has 1 rings (SSSR count). The van der Waals surface area contributed by atoms with Gasteiger partial charge in [-0.1, -0.05) is 0 Å². The van der Waals surface area contributed by atoms with Gasteiger partial charge in [-0.15, -0.1) is 0 Å². The fourth-order valence-corrected chi connectivity index (χ4v) is 3.42. The van der Waals surface area contributed by atoms with E-state index in [1.807, 2.05) is 4.31 Å². The van der Waals surface area contributed by atoms with E-state index in [4.69, 9.17) is 0 Å². The largest absolute Gasteiger partial charge is 0.253 e. The van der Waals surface area contributed by atoms with Crippen molar-refractivity contribution in [2.45, 2.75) is 26.3 Å². The van der Waals surface area contributed by atoms with Gasteiger partial charge in [-0.2, -0.15) is 0 Å². The van der Waals surface area contributed by atoms with E-state index in [-0.39, 0.29) is 0 Å². The van der Waals surface area contributed by atoms with E-state index < -0.39 is 9.71 Å². The normalized spacial score (nSPS) is 35.5. The summed E-state index contributed by atoms with van der Waals surface area (Å²) in [4.78, 5) is 0. The van der Waals surface area contributed by atoms with Crippen LogP contribution in [0.25, 0.3) is 0 Å². The first-order chi connectivity index (χ1) is 4.54. The molecule has 1 fully saturated rings. The van der Waals surface area contributed by atoms with E-state index in [1.54, 1.807) is 0 Å². The lowest BCUT2D eigenvalue weighted by atomic mass is 10.4. The van der Waals surface area contributed by atoms with Gasteiger partial charge in [-0.05, 0) is 26.1 Å². The Hall–Kier alpha value is -0.0200. The zero-order valence-corrected chi connectivity index (χ0v) is 7.49. The molecule has 1 atom stereocenters. The zero-order valence-electron chi connectivity index (χ0n) is 6.67. The molecule has 0 bridgehead atoms. The van der Waals surface area contributed by atoms with Crippen LogP contribution < -0.4 is 0 Å². The maximum atomic E-state index is 11.6. The third kappa shape index (κ3) is 1.35. The van der Waals surface area contributed by atoms with E-state index in [0.717, 1.165) is 18.7 Å². The Balaban J connectivity index is 2.79. The van der Waals surface area contributed by atoms with Crippen LogP contribution in [0.5, 0.6) is 0 Å². The molecule has 0 radical (unpaired) electrons. The van der Waals surface area contributed by atoms with Crippen LogP contribution in [0.4, 0.5) is 0 Å². The second-order valence-electron chi connectivity index (χ2n) is 3.06. The molecule has 3 heteroatoms. The van der Waals surface area contributed by atoms with E-state index in [0.29, 0.717) is 6.04 Å². The second kappa shape index (κ2) is 2.55. The van der Waals surface area contributed by atoms with Crippen LogP contribution in [0.2, 0.25) is 0 Å². The molecule has 1 heterocycles. The van der Waals surface area contributed by atoms with Crippen molar-refractivity contribution in [3.8, 4) is 0 Å². The van der Waals surface area contributed by atoms with Crippen molar-refractivity contribution in [3.63, 3.8) is 0 Å². The highest BCUT2D eigenvalue weighted by Gasteiger charge is 2.24. The summed E-state index contributed by atoms with van der Waals surface area (Å²) >= 11 is 0. The molecule has 60 valence electrons. The summed E-state index contributed by atoms with van der Waals surface area (Å²) in [6, 6.07) is 0.382. The first-order valence-electron chi connectivity index (χ1n) is 3.66. The minimum absolute atomic E-state index is 0.382. The molecule has 1 aliphatic rings. The highest BCUT2D eigenvalue weighted by Crippen LogP contribution is 2.15. The maximum absolute atomic E-state index is 11.6. The molecule has 0 aliphatic carbocycles. The molecule has 10 heavy (non-hydrogen) atoms. The highest BCUT2D eigenvalue weighted by molar-refractivity contribution is 7.98. The average molecular weight is 161 g/mol. The van der Waals surface area contributed by atoms with Crippen LogP contribution in [-0.4, -0.2) is 32.7 Å². The Labute approximate surface area is 63.4 Å². The van der Waals surface area contributed by atoms with Crippen molar-refractivity contribution in [3.05, 3.63) is 0 Å². The molecule has 0 aromatic carbocycles. The monoisotopic (exact) mass is 161 g/mol. The van der Waals surface area contributed by atoms with Crippen molar-refractivity contribution in [1.82, 2.24) is 4.31 Å². The van der Waals surface area contributed by atoms with Crippen LogP contribution in [-0.2, 0) is 9.71 Å². The van der Waals surface area contributed by atoms with Crippen LogP contribution in [0.1, 0.15) is 20.3 Å². The van der Waals surface area contributed by atoms with Gasteiger partial charge < -0.3 is 0 Å². The van der Waals surface area contributed by atoms with Crippen molar-refractivity contribution < 1.29 is 4.21 Å². The molecule has 0 aromatic rings. The molecule has 1 saturated heterocycles. The Morgan fingerprint density at radius 1 is 1.60 bits per heavy atom. The molecule has 0 aromatic heterocycles. The summed E-state index contributed by atoms with van der Waals surface area (Å²) in [6.45, 7) is 5.09. The lowest BCUT2D eigenvalue weighted by Gasteiger charge is -2.21. The third-order valence-electron chi connectivity index (χ3n) is 1.85. The summed E-state index contributed by atoms with van der Waals surface area (Å²) in [7, 11) is -1.85. The van der Waals surface area contributed by atoms with Gasteiger partial charge in [0.25, 0.3) is 0 Å². The van der Waals surface area contributed by atoms with Crippen LogP contribution in [0, 0.1) is 0 Å². The molecule has 0 N–H and O–H groups in total. The Bertz CT molecular complexity index is 206. The lowest BCUT2D eigenvalue weighted by Crippen LogP contribution is -2.32. The molecule has 0 spiro atoms. The van der Waals surface area contributed by atoms with Crippen LogP contribution in [0.15, 0.2) is 0 Å². The Kier molecular flexibility index (Phi) is 2.06. The van der Waals surface area contributed by atoms with Gasteiger partial charge in [0.15, 0.2) is 0 Å². The van der Waals surface area contributed by atoms with Gasteiger partial charge in [0.05, 0.1) is 0 Å². The van der Waals surface area contributed by atoms with Gasteiger partial charge in [-0.3, -0.25) is 4.21 Å². The van der Waals surface area contributed by atoms with E-state index in [1.165, 1.54) is 0 Å². The topological polar surface area (TPSA) is 20.3 Å². The van der Waals surface area contributed by atoms with Crippen molar-refractivity contribution in [2.24, 2.45) is 0 Å². The van der Waals surface area contributed by atoms with Crippen molar-refractivity contribution >= 4 is 15.6 Å². The zero-order chi connectivity index (χ0) is 7.78. The average Bonchev–Trinajstić information content (AvgIpc) is 2.08. The van der Waals surface area contributed by atoms with Gasteiger partial charge in [0, 0.05) is 28.0 Å². The first-order valence-corrected chi connectivity index (χ1v) is 5.51. The maximum Gasteiger partial charge on any atom is 0.0304 e. The van der Waals surface area contributed by atoms with E-state index in [9.17, 15) is 4.21 Å². The first kappa shape index (κ1) is 8.08. The minimum atomic E-state index is -1.85. The van der Waals surface area contributed by atoms with Crippen molar-refractivity contribution in [2.75, 3.05) is 12.3 Å². The van der Waals surface area contributed by atoms with Gasteiger partial charge in [-0.25, -0.2) is 4.31 Å². The molecule has 0 saturated carbocycles. The molecule has 0 amide bonds. The summed E-state index contributed by atoms with van der Waals surface area (Å²) in [5, 5.41) is 0. The Morgan fingerprint density at radius 3 is 2.40 bits per heavy atom. The second-order valence-corrected chi connectivity index (χ2v) is 5.49. The molecule has 1 aliphatic heterocycles. The number of hydrogen-bond donors (Lipinski definition) is 0.